The summed E-state index contributed by atoms with van der Waals surface area (Å²) < 4.78 is 0. The normalized spacial score (nSPS) is 26.3. The molecule has 2 heteroatoms. The van der Waals surface area contributed by atoms with Gasteiger partial charge >= 0.3 is 0 Å². The molecule has 0 radical (unpaired) electrons. The monoisotopic (exact) mass is 260 g/mol. The zero-order chi connectivity index (χ0) is 13.7. The number of rotatable bonds is 5. The quantitative estimate of drug-likeness (QED) is 0.876. The van der Waals surface area contributed by atoms with Crippen LogP contribution >= 0.6 is 0 Å². The summed E-state index contributed by atoms with van der Waals surface area (Å²) in [5.41, 5.74) is 7.52. The molecule has 0 saturated carbocycles. The number of benzene rings is 1. The Labute approximate surface area is 118 Å². The fraction of sp³-hybridized carbons (Fsp3) is 0.647. The van der Waals surface area contributed by atoms with E-state index in [0.717, 1.165) is 18.4 Å². The van der Waals surface area contributed by atoms with E-state index in [1.165, 1.54) is 37.9 Å². The summed E-state index contributed by atoms with van der Waals surface area (Å²) in [6.07, 6.45) is 5.03. The summed E-state index contributed by atoms with van der Waals surface area (Å²) in [4.78, 5) is 2.64. The van der Waals surface area contributed by atoms with E-state index in [1.807, 2.05) is 6.07 Å². The van der Waals surface area contributed by atoms with E-state index in [2.05, 4.69) is 43.0 Å². The molecule has 2 N–H and O–H groups in total. The van der Waals surface area contributed by atoms with Gasteiger partial charge in [0.1, 0.15) is 0 Å². The van der Waals surface area contributed by atoms with Crippen LogP contribution in [0.1, 0.15) is 51.1 Å². The number of hydrogen-bond acceptors (Lipinski definition) is 2. The van der Waals surface area contributed by atoms with Gasteiger partial charge in [0.15, 0.2) is 0 Å². The molecule has 19 heavy (non-hydrogen) atoms. The van der Waals surface area contributed by atoms with Gasteiger partial charge in [-0.25, -0.2) is 0 Å². The van der Waals surface area contributed by atoms with Crippen molar-refractivity contribution < 1.29 is 0 Å². The van der Waals surface area contributed by atoms with Crippen molar-refractivity contribution in [2.45, 2.75) is 51.6 Å². The lowest BCUT2D eigenvalue weighted by Gasteiger charge is -2.38. The highest BCUT2D eigenvalue weighted by molar-refractivity contribution is 5.18. The summed E-state index contributed by atoms with van der Waals surface area (Å²) in [6, 6.07) is 11.4. The zero-order valence-corrected chi connectivity index (χ0v) is 12.4. The van der Waals surface area contributed by atoms with Crippen molar-refractivity contribution in [3.05, 3.63) is 35.9 Å². The van der Waals surface area contributed by atoms with Gasteiger partial charge in [0.25, 0.3) is 0 Å². The molecule has 2 rings (SSSR count). The molecule has 0 bridgehead atoms. The van der Waals surface area contributed by atoms with Gasteiger partial charge in [-0.2, -0.15) is 0 Å². The molecular weight excluding hydrogens is 232 g/mol. The van der Waals surface area contributed by atoms with Crippen LogP contribution in [0, 0.1) is 5.92 Å². The van der Waals surface area contributed by atoms with Crippen molar-refractivity contribution in [2.75, 3.05) is 13.1 Å². The van der Waals surface area contributed by atoms with Gasteiger partial charge < -0.3 is 10.6 Å². The number of likely N-dealkylation sites (tertiary alicyclic amines) is 1. The van der Waals surface area contributed by atoms with Crippen molar-refractivity contribution in [3.63, 3.8) is 0 Å². The maximum absolute atomic E-state index is 6.25. The Kier molecular flexibility index (Phi) is 5.41. The zero-order valence-electron chi connectivity index (χ0n) is 12.4. The number of nitrogens with zero attached hydrogens (tertiary/aromatic N) is 1. The molecule has 0 aliphatic carbocycles. The van der Waals surface area contributed by atoms with Gasteiger partial charge in [0, 0.05) is 12.1 Å². The van der Waals surface area contributed by atoms with Gasteiger partial charge in [-0.05, 0) is 57.2 Å². The Morgan fingerprint density at radius 1 is 1.26 bits per heavy atom. The smallest absolute Gasteiger partial charge is 0.0295 e. The van der Waals surface area contributed by atoms with Crippen LogP contribution in [0.2, 0.25) is 0 Å². The summed E-state index contributed by atoms with van der Waals surface area (Å²) >= 11 is 0. The van der Waals surface area contributed by atoms with Gasteiger partial charge in [0.05, 0.1) is 0 Å². The molecule has 1 aromatic rings. The molecule has 2 nitrogen and oxygen atoms in total. The topological polar surface area (TPSA) is 29.3 Å². The molecule has 0 spiro atoms. The molecule has 3 unspecified atom stereocenters. The standard InChI is InChI=1S/C17H28N2/c1-14-8-6-12-19(15(14)2)13-7-11-17(18)16-9-4-3-5-10-16/h3-5,9-10,14-15,17H,6-8,11-13,18H2,1-2H3. The van der Waals surface area contributed by atoms with Crippen LogP contribution in [-0.2, 0) is 0 Å². The van der Waals surface area contributed by atoms with Crippen LogP contribution in [-0.4, -0.2) is 24.0 Å². The molecule has 1 aromatic carbocycles. The fourth-order valence-electron chi connectivity index (χ4n) is 3.12. The van der Waals surface area contributed by atoms with E-state index in [1.54, 1.807) is 0 Å². The van der Waals surface area contributed by atoms with Crippen molar-refractivity contribution in [1.82, 2.24) is 4.90 Å². The van der Waals surface area contributed by atoms with Crippen molar-refractivity contribution in [2.24, 2.45) is 11.7 Å². The lowest BCUT2D eigenvalue weighted by atomic mass is 9.91. The van der Waals surface area contributed by atoms with Crippen molar-refractivity contribution in [1.29, 1.82) is 0 Å². The van der Waals surface area contributed by atoms with Gasteiger partial charge in [-0.3, -0.25) is 0 Å². The predicted molar refractivity (Wildman–Crippen MR) is 82.0 cm³/mol. The fourth-order valence-corrected chi connectivity index (χ4v) is 3.12. The summed E-state index contributed by atoms with van der Waals surface area (Å²) in [5, 5.41) is 0. The second kappa shape index (κ2) is 7.06. The Bertz CT molecular complexity index is 363. The third-order valence-electron chi connectivity index (χ3n) is 4.69. The van der Waals surface area contributed by atoms with E-state index in [9.17, 15) is 0 Å². The SMILES string of the molecule is CC1CCCN(CCCC(N)c2ccccc2)C1C. The van der Waals surface area contributed by atoms with E-state index < -0.39 is 0 Å². The summed E-state index contributed by atoms with van der Waals surface area (Å²) in [5.74, 6) is 0.844. The first-order valence-corrected chi connectivity index (χ1v) is 7.73. The highest BCUT2D eigenvalue weighted by Gasteiger charge is 2.23. The van der Waals surface area contributed by atoms with Gasteiger partial charge in [-0.1, -0.05) is 37.3 Å². The second-order valence-corrected chi connectivity index (χ2v) is 6.06. The van der Waals surface area contributed by atoms with Crippen molar-refractivity contribution >= 4 is 0 Å². The largest absolute Gasteiger partial charge is 0.324 e. The average Bonchev–Trinajstić information content (AvgIpc) is 2.44. The molecule has 0 aromatic heterocycles. The first-order valence-electron chi connectivity index (χ1n) is 7.73. The molecule has 106 valence electrons. The van der Waals surface area contributed by atoms with Gasteiger partial charge in [-0.15, -0.1) is 0 Å². The summed E-state index contributed by atoms with van der Waals surface area (Å²) in [6.45, 7) is 7.23. The third kappa shape index (κ3) is 4.05. The number of hydrogen-bond donors (Lipinski definition) is 1. The van der Waals surface area contributed by atoms with Crippen LogP contribution in [0.25, 0.3) is 0 Å². The first kappa shape index (κ1) is 14.5. The molecule has 1 fully saturated rings. The lowest BCUT2D eigenvalue weighted by molar-refractivity contribution is 0.111. The molecular formula is C17H28N2. The minimum Gasteiger partial charge on any atom is -0.324 e. The molecule has 1 aliphatic rings. The van der Waals surface area contributed by atoms with E-state index in [-0.39, 0.29) is 6.04 Å². The van der Waals surface area contributed by atoms with Crippen LogP contribution in [0.5, 0.6) is 0 Å². The molecule has 1 aliphatic heterocycles. The van der Waals surface area contributed by atoms with E-state index in [0.29, 0.717) is 0 Å². The molecule has 1 heterocycles. The third-order valence-corrected chi connectivity index (χ3v) is 4.69. The molecule has 3 atom stereocenters. The number of piperidine rings is 1. The second-order valence-electron chi connectivity index (χ2n) is 6.06. The van der Waals surface area contributed by atoms with Crippen LogP contribution in [0.4, 0.5) is 0 Å². The Morgan fingerprint density at radius 2 is 2.00 bits per heavy atom. The van der Waals surface area contributed by atoms with E-state index in [4.69, 9.17) is 5.73 Å². The van der Waals surface area contributed by atoms with Crippen LogP contribution in [0.3, 0.4) is 0 Å². The Hall–Kier alpha value is -0.860. The maximum atomic E-state index is 6.25. The molecule has 0 amide bonds. The highest BCUT2D eigenvalue weighted by atomic mass is 15.2. The van der Waals surface area contributed by atoms with E-state index >= 15 is 0 Å². The highest BCUT2D eigenvalue weighted by Crippen LogP contribution is 2.23. The van der Waals surface area contributed by atoms with Crippen molar-refractivity contribution in [3.8, 4) is 0 Å². The summed E-state index contributed by atoms with van der Waals surface area (Å²) in [7, 11) is 0. The van der Waals surface area contributed by atoms with Crippen LogP contribution in [0.15, 0.2) is 30.3 Å². The lowest BCUT2D eigenvalue weighted by Crippen LogP contribution is -2.42. The Morgan fingerprint density at radius 3 is 2.74 bits per heavy atom. The first-order chi connectivity index (χ1) is 9.18. The number of nitrogens with two attached hydrogens (primary N) is 1. The van der Waals surface area contributed by atoms with Gasteiger partial charge in [0.2, 0.25) is 0 Å². The predicted octanol–water partition coefficient (Wildman–Crippen LogP) is 3.59. The average molecular weight is 260 g/mol. The minimum absolute atomic E-state index is 0.193. The van der Waals surface area contributed by atoms with Crippen LogP contribution < -0.4 is 5.73 Å². The minimum atomic E-state index is 0.193. The molecule has 1 saturated heterocycles. The Balaban J connectivity index is 1.74. The maximum Gasteiger partial charge on any atom is 0.0295 e.